The lowest BCUT2D eigenvalue weighted by Gasteiger charge is -2.58. The molecule has 4 fully saturated rings. The number of ether oxygens (including phenoxy) is 3. The van der Waals surface area contributed by atoms with Gasteiger partial charge >= 0.3 is 18.7 Å². The third kappa shape index (κ3) is 5.82. The van der Waals surface area contributed by atoms with E-state index in [-0.39, 0.29) is 55.6 Å². The first-order valence-corrected chi connectivity index (χ1v) is 11.3. The summed E-state index contributed by atoms with van der Waals surface area (Å²) in [5.41, 5.74) is 0.0334. The van der Waals surface area contributed by atoms with Crippen molar-refractivity contribution in [1.29, 1.82) is 0 Å². The molecule has 0 unspecified atom stereocenters. The smallest absolute Gasteiger partial charge is 0.408 e. The Kier molecular flexibility index (Phi) is 6.15. The van der Waals surface area contributed by atoms with Gasteiger partial charge in [0.2, 0.25) is 11.8 Å². The van der Waals surface area contributed by atoms with Crippen LogP contribution in [0.5, 0.6) is 0 Å². The fourth-order valence-corrected chi connectivity index (χ4v) is 5.22. The molecule has 1 amide bonds. The number of carbonyl (C=O) groups excluding carboxylic acids is 1. The van der Waals surface area contributed by atoms with Crippen LogP contribution in [0.15, 0.2) is 4.42 Å². The molecule has 196 valence electrons. The molecule has 2 heterocycles. The summed E-state index contributed by atoms with van der Waals surface area (Å²) in [6, 6.07) is 0.328. The van der Waals surface area contributed by atoms with E-state index < -0.39 is 31.0 Å². The Morgan fingerprint density at radius 1 is 0.971 bits per heavy atom. The Hall–Kier alpha value is -2.13. The van der Waals surface area contributed by atoms with Gasteiger partial charge in [0, 0.05) is 43.3 Å². The molecule has 1 aliphatic heterocycles. The molecule has 1 aromatic heterocycles. The molecule has 1 aromatic rings. The normalized spacial score (nSPS) is 30.3. The minimum Gasteiger partial charge on any atom is -0.408 e. The van der Waals surface area contributed by atoms with E-state index in [9.17, 15) is 31.1 Å². The van der Waals surface area contributed by atoms with Crippen molar-refractivity contribution < 1.29 is 49.8 Å². The van der Waals surface area contributed by atoms with E-state index in [0.29, 0.717) is 25.0 Å². The molecule has 15 heteroatoms. The fourth-order valence-electron chi connectivity index (χ4n) is 5.22. The lowest BCUT2D eigenvalue weighted by molar-refractivity contribution is -0.357. The van der Waals surface area contributed by atoms with Crippen LogP contribution < -0.4 is 10.2 Å². The van der Waals surface area contributed by atoms with Gasteiger partial charge < -0.3 is 19.4 Å². The van der Waals surface area contributed by atoms with Gasteiger partial charge in [0.25, 0.3) is 0 Å². The Labute approximate surface area is 195 Å². The van der Waals surface area contributed by atoms with E-state index >= 15 is 0 Å². The number of hydrogen-bond donors (Lipinski definition) is 1. The summed E-state index contributed by atoms with van der Waals surface area (Å²) in [4.78, 5) is 13.9. The summed E-state index contributed by atoms with van der Waals surface area (Å²) < 4.78 is 91.8. The number of carbonyl (C=O) groups is 1. The van der Waals surface area contributed by atoms with Gasteiger partial charge in [-0.15, -0.1) is 31.4 Å². The van der Waals surface area contributed by atoms with Crippen LogP contribution >= 0.6 is 0 Å². The van der Waals surface area contributed by atoms with E-state index in [1.54, 1.807) is 0 Å². The molecule has 0 bridgehead atoms. The van der Waals surface area contributed by atoms with Crippen molar-refractivity contribution in [1.82, 2.24) is 15.5 Å². The molecule has 1 saturated heterocycles. The molecule has 0 aromatic carbocycles. The molecule has 1 spiro atoms. The van der Waals surface area contributed by atoms with Gasteiger partial charge in [0.1, 0.15) is 6.61 Å². The molecule has 0 radical (unpaired) electrons. The number of rotatable bonds is 8. The average molecular weight is 514 g/mol. The van der Waals surface area contributed by atoms with Crippen molar-refractivity contribution in [3.63, 3.8) is 0 Å². The predicted molar refractivity (Wildman–Crippen MR) is 103 cm³/mol. The summed E-state index contributed by atoms with van der Waals surface area (Å²) in [7, 11) is 0. The monoisotopic (exact) mass is 514 g/mol. The number of aromatic nitrogens is 2. The number of alkyl halides is 6. The fraction of sp³-hybridized carbons (Fsp3) is 0.850. The second-order valence-electron chi connectivity index (χ2n) is 9.90. The van der Waals surface area contributed by atoms with Crippen LogP contribution in [0.1, 0.15) is 50.3 Å². The average Bonchev–Trinajstić information content (AvgIpc) is 3.07. The molecule has 0 atom stereocenters. The first-order chi connectivity index (χ1) is 16.3. The number of nitrogens with zero attached hydrogens (tertiary/aromatic N) is 3. The SMILES string of the molecule is O=C(CO[C@H]1C[C@H](OC(F)(F)F)C1)NC1CC2(C1)CN(c1nnc([C@H]3C[C@@H](OC(F)(F)F)C3)o1)C2. The summed E-state index contributed by atoms with van der Waals surface area (Å²) >= 11 is 0. The van der Waals surface area contributed by atoms with E-state index in [4.69, 9.17) is 9.15 Å². The topological polar surface area (TPSA) is 99.0 Å². The van der Waals surface area contributed by atoms with Crippen molar-refractivity contribution in [3.8, 4) is 0 Å². The molecule has 5 rings (SSSR count). The maximum atomic E-state index is 12.2. The van der Waals surface area contributed by atoms with Crippen LogP contribution in [0.4, 0.5) is 32.4 Å². The van der Waals surface area contributed by atoms with E-state index in [2.05, 4.69) is 25.0 Å². The first-order valence-electron chi connectivity index (χ1n) is 11.3. The second-order valence-corrected chi connectivity index (χ2v) is 9.90. The van der Waals surface area contributed by atoms with Crippen LogP contribution in [0, 0.1) is 5.41 Å². The molecular weight excluding hydrogens is 490 g/mol. The summed E-state index contributed by atoms with van der Waals surface area (Å²) in [5, 5.41) is 10.8. The zero-order chi connectivity index (χ0) is 25.0. The lowest BCUT2D eigenvalue weighted by atomic mass is 9.61. The highest BCUT2D eigenvalue weighted by molar-refractivity contribution is 5.77. The molecule has 3 aliphatic carbocycles. The van der Waals surface area contributed by atoms with Gasteiger partial charge in [-0.1, -0.05) is 5.10 Å². The van der Waals surface area contributed by atoms with E-state index in [1.807, 2.05) is 4.90 Å². The molecule has 4 aliphatic rings. The Balaban J connectivity index is 0.955. The molecule has 3 saturated carbocycles. The third-order valence-electron chi connectivity index (χ3n) is 7.02. The second kappa shape index (κ2) is 8.76. The first kappa shape index (κ1) is 24.6. The zero-order valence-electron chi connectivity index (χ0n) is 18.4. The number of halogens is 6. The zero-order valence-corrected chi connectivity index (χ0v) is 18.4. The predicted octanol–water partition coefficient (Wildman–Crippen LogP) is 3.02. The van der Waals surface area contributed by atoms with Crippen molar-refractivity contribution >= 4 is 11.9 Å². The molecular formula is C20H24F6N4O5. The van der Waals surface area contributed by atoms with Crippen LogP contribution in [0.3, 0.4) is 0 Å². The molecule has 35 heavy (non-hydrogen) atoms. The summed E-state index contributed by atoms with van der Waals surface area (Å²) in [6.45, 7) is 1.13. The highest BCUT2D eigenvalue weighted by atomic mass is 19.4. The van der Waals surface area contributed by atoms with Crippen molar-refractivity contribution in [2.45, 2.75) is 81.5 Å². The molecule has 1 N–H and O–H groups in total. The van der Waals surface area contributed by atoms with Crippen molar-refractivity contribution in [2.75, 3.05) is 24.6 Å². The maximum absolute atomic E-state index is 12.2. The Morgan fingerprint density at radius 3 is 2.17 bits per heavy atom. The highest BCUT2D eigenvalue weighted by Crippen LogP contribution is 2.50. The van der Waals surface area contributed by atoms with E-state index in [1.165, 1.54) is 0 Å². The Bertz CT molecular complexity index is 914. The number of amides is 1. The van der Waals surface area contributed by atoms with Gasteiger partial charge in [-0.25, -0.2) is 0 Å². The minimum atomic E-state index is -4.66. The largest absolute Gasteiger partial charge is 0.522 e. The van der Waals surface area contributed by atoms with Crippen LogP contribution in [-0.2, 0) is 19.0 Å². The number of hydrogen-bond acceptors (Lipinski definition) is 8. The lowest BCUT2D eigenvalue weighted by Crippen LogP contribution is -2.67. The third-order valence-corrected chi connectivity index (χ3v) is 7.02. The highest BCUT2D eigenvalue weighted by Gasteiger charge is 2.54. The number of anilines is 1. The summed E-state index contributed by atoms with van der Waals surface area (Å²) in [6.07, 6.45) is -9.43. The van der Waals surface area contributed by atoms with E-state index in [0.717, 1.165) is 12.8 Å². The van der Waals surface area contributed by atoms with Gasteiger partial charge in [-0.05, 0) is 25.7 Å². The van der Waals surface area contributed by atoms with Crippen LogP contribution in [0.2, 0.25) is 0 Å². The van der Waals surface area contributed by atoms with Gasteiger partial charge in [0.05, 0.1) is 18.3 Å². The molecule has 9 nitrogen and oxygen atoms in total. The van der Waals surface area contributed by atoms with Crippen molar-refractivity contribution in [2.24, 2.45) is 5.41 Å². The maximum Gasteiger partial charge on any atom is 0.522 e. The van der Waals surface area contributed by atoms with Gasteiger partial charge in [0.15, 0.2) is 0 Å². The summed E-state index contributed by atoms with van der Waals surface area (Å²) in [5.74, 6) is -0.243. The minimum absolute atomic E-state index is 0.00487. The quantitative estimate of drug-likeness (QED) is 0.529. The van der Waals surface area contributed by atoms with Crippen LogP contribution in [0.25, 0.3) is 0 Å². The van der Waals surface area contributed by atoms with Gasteiger partial charge in [-0.2, -0.15) is 0 Å². The van der Waals surface area contributed by atoms with Crippen LogP contribution in [-0.4, -0.2) is 72.9 Å². The van der Waals surface area contributed by atoms with Gasteiger partial charge in [-0.3, -0.25) is 14.3 Å². The van der Waals surface area contributed by atoms with Crippen molar-refractivity contribution in [3.05, 3.63) is 5.89 Å². The Morgan fingerprint density at radius 2 is 1.57 bits per heavy atom. The standard InChI is InChI=1S/C20H24F6N4O5/c21-19(22,23)34-13-1-10(2-13)16-28-29-17(33-16)30-8-18(9-30)5-11(6-18)27-15(31)7-32-12-3-14(4-12)35-20(24,25)26/h10-14H,1-9H2,(H,27,31)/t10-,12-,13+,14-. The number of nitrogens with one attached hydrogen (secondary N) is 1.